The molecule has 0 unspecified atom stereocenters. The van der Waals surface area contributed by atoms with Gasteiger partial charge in [-0.2, -0.15) is 0 Å². The molecule has 0 fully saturated rings. The summed E-state index contributed by atoms with van der Waals surface area (Å²) in [5.74, 6) is 0.293. The van der Waals surface area contributed by atoms with Crippen molar-refractivity contribution in [2.24, 2.45) is 0 Å². The van der Waals surface area contributed by atoms with Crippen LogP contribution in [0.4, 0.5) is 10.1 Å². The number of anilines is 1. The van der Waals surface area contributed by atoms with Crippen LogP contribution in [0.3, 0.4) is 0 Å². The number of H-pyrrole nitrogens is 1. The molecular weight excluding hydrogens is 435 g/mol. The average Bonchev–Trinajstić information content (AvgIpc) is 3.27. The summed E-state index contributed by atoms with van der Waals surface area (Å²) in [5.41, 5.74) is 3.11. The Morgan fingerprint density at radius 1 is 1.03 bits per heavy atom. The van der Waals surface area contributed by atoms with Crippen molar-refractivity contribution < 1.29 is 18.7 Å². The second-order valence-corrected chi connectivity index (χ2v) is 7.78. The standard InChI is InChI=1S/C26H25FN4O3/c1-2-3-14-34-21-11-6-18(7-12-21)26(33)28-16-24(32)29-20-9-4-17(5-10-20)25-30-22-13-8-19(27)15-23(22)31-25/h4-13,15H,2-3,14,16H2,1H3,(H,28,33)(H,29,32)(H,30,31). The number of aromatic nitrogens is 2. The topological polar surface area (TPSA) is 96.1 Å². The van der Waals surface area contributed by atoms with E-state index in [0.717, 1.165) is 18.4 Å². The van der Waals surface area contributed by atoms with Crippen LogP contribution in [-0.4, -0.2) is 34.9 Å². The molecule has 3 N–H and O–H groups in total. The number of halogens is 1. The van der Waals surface area contributed by atoms with Crippen LogP contribution in [0.15, 0.2) is 66.7 Å². The predicted octanol–water partition coefficient (Wildman–Crippen LogP) is 4.92. The van der Waals surface area contributed by atoms with E-state index in [1.165, 1.54) is 12.1 Å². The molecule has 0 atom stereocenters. The summed E-state index contributed by atoms with van der Waals surface area (Å²) in [4.78, 5) is 32.1. The number of hydrogen-bond acceptors (Lipinski definition) is 4. The maximum Gasteiger partial charge on any atom is 0.251 e. The second-order valence-electron chi connectivity index (χ2n) is 7.78. The fraction of sp³-hybridized carbons (Fsp3) is 0.192. The van der Waals surface area contributed by atoms with E-state index in [4.69, 9.17) is 4.74 Å². The van der Waals surface area contributed by atoms with Crippen LogP contribution in [0.2, 0.25) is 0 Å². The Balaban J connectivity index is 1.28. The summed E-state index contributed by atoms with van der Waals surface area (Å²) in [6.07, 6.45) is 2.03. The third-order valence-electron chi connectivity index (χ3n) is 5.18. The molecule has 0 saturated heterocycles. The van der Waals surface area contributed by atoms with Crippen LogP contribution in [0.5, 0.6) is 5.75 Å². The molecule has 34 heavy (non-hydrogen) atoms. The van der Waals surface area contributed by atoms with Gasteiger partial charge in [-0.15, -0.1) is 0 Å². The van der Waals surface area contributed by atoms with E-state index in [0.29, 0.717) is 40.5 Å². The number of amides is 2. The number of rotatable bonds is 9. The Bertz CT molecular complexity index is 1280. The molecule has 0 spiro atoms. The van der Waals surface area contributed by atoms with E-state index in [-0.39, 0.29) is 24.2 Å². The number of ether oxygens (including phenoxy) is 1. The first-order valence-electron chi connectivity index (χ1n) is 11.1. The van der Waals surface area contributed by atoms with Crippen molar-refractivity contribution in [2.75, 3.05) is 18.5 Å². The first kappa shape index (κ1) is 23.0. The zero-order chi connectivity index (χ0) is 23.9. The lowest BCUT2D eigenvalue weighted by molar-refractivity contribution is -0.115. The lowest BCUT2D eigenvalue weighted by Gasteiger charge is -2.09. The van der Waals surface area contributed by atoms with E-state index in [1.807, 2.05) is 0 Å². The van der Waals surface area contributed by atoms with E-state index < -0.39 is 0 Å². The fourth-order valence-electron chi connectivity index (χ4n) is 3.33. The van der Waals surface area contributed by atoms with Crippen molar-refractivity contribution in [3.63, 3.8) is 0 Å². The fourth-order valence-corrected chi connectivity index (χ4v) is 3.33. The van der Waals surface area contributed by atoms with Crippen LogP contribution in [0, 0.1) is 5.82 Å². The van der Waals surface area contributed by atoms with Crippen LogP contribution >= 0.6 is 0 Å². The maximum absolute atomic E-state index is 13.4. The number of hydrogen-bond donors (Lipinski definition) is 3. The minimum Gasteiger partial charge on any atom is -0.494 e. The number of nitrogens with zero attached hydrogens (tertiary/aromatic N) is 1. The molecule has 1 aromatic heterocycles. The Kier molecular flexibility index (Phi) is 7.17. The summed E-state index contributed by atoms with van der Waals surface area (Å²) in [6.45, 7) is 2.57. The van der Waals surface area contributed by atoms with Crippen LogP contribution in [0.25, 0.3) is 22.4 Å². The molecule has 0 aliphatic carbocycles. The molecule has 8 heteroatoms. The maximum atomic E-state index is 13.4. The van der Waals surface area contributed by atoms with Crippen molar-refractivity contribution in [1.82, 2.24) is 15.3 Å². The quantitative estimate of drug-likeness (QED) is 0.309. The van der Waals surface area contributed by atoms with Gasteiger partial charge >= 0.3 is 0 Å². The summed E-state index contributed by atoms with van der Waals surface area (Å²) >= 11 is 0. The second kappa shape index (κ2) is 10.6. The summed E-state index contributed by atoms with van der Waals surface area (Å²) in [6, 6.07) is 18.3. The minimum atomic E-state index is -0.347. The Hall–Kier alpha value is -4.20. The molecule has 3 aromatic carbocycles. The summed E-state index contributed by atoms with van der Waals surface area (Å²) < 4.78 is 19.0. The van der Waals surface area contributed by atoms with Gasteiger partial charge in [-0.25, -0.2) is 9.37 Å². The Labute approximate surface area is 196 Å². The average molecular weight is 461 g/mol. The van der Waals surface area contributed by atoms with Gasteiger partial charge in [0.05, 0.1) is 24.2 Å². The number of aromatic amines is 1. The molecular formula is C26H25FN4O3. The molecule has 0 aliphatic heterocycles. The minimum absolute atomic E-state index is 0.162. The van der Waals surface area contributed by atoms with E-state index in [1.54, 1.807) is 54.6 Å². The highest BCUT2D eigenvalue weighted by atomic mass is 19.1. The van der Waals surface area contributed by atoms with Gasteiger partial charge in [-0.05, 0) is 73.2 Å². The van der Waals surface area contributed by atoms with E-state index in [9.17, 15) is 14.0 Å². The summed E-state index contributed by atoms with van der Waals surface area (Å²) in [7, 11) is 0. The normalized spacial score (nSPS) is 10.8. The molecule has 174 valence electrons. The van der Waals surface area contributed by atoms with Gasteiger partial charge in [0.25, 0.3) is 5.91 Å². The molecule has 7 nitrogen and oxygen atoms in total. The SMILES string of the molecule is CCCCOc1ccc(C(=O)NCC(=O)Nc2ccc(-c3nc4ccc(F)cc4[nH]3)cc2)cc1. The first-order valence-corrected chi connectivity index (χ1v) is 11.1. The zero-order valence-corrected chi connectivity index (χ0v) is 18.7. The lowest BCUT2D eigenvalue weighted by Crippen LogP contribution is -2.32. The lowest BCUT2D eigenvalue weighted by atomic mass is 10.2. The third kappa shape index (κ3) is 5.78. The molecule has 0 radical (unpaired) electrons. The first-order chi connectivity index (χ1) is 16.5. The smallest absolute Gasteiger partial charge is 0.251 e. The van der Waals surface area contributed by atoms with Gasteiger partial charge < -0.3 is 20.4 Å². The molecule has 0 saturated carbocycles. The van der Waals surface area contributed by atoms with Crippen LogP contribution in [0.1, 0.15) is 30.1 Å². The van der Waals surface area contributed by atoms with Crippen molar-refractivity contribution in [3.8, 4) is 17.1 Å². The van der Waals surface area contributed by atoms with E-state index in [2.05, 4.69) is 27.5 Å². The van der Waals surface area contributed by atoms with Crippen LogP contribution < -0.4 is 15.4 Å². The van der Waals surface area contributed by atoms with E-state index >= 15 is 0 Å². The van der Waals surface area contributed by atoms with Gasteiger partial charge in [-0.1, -0.05) is 13.3 Å². The van der Waals surface area contributed by atoms with Gasteiger partial charge in [0, 0.05) is 16.8 Å². The number of unbranched alkanes of at least 4 members (excludes halogenated alkanes) is 1. The highest BCUT2D eigenvalue weighted by Crippen LogP contribution is 2.22. The van der Waals surface area contributed by atoms with Crippen molar-refractivity contribution in [3.05, 3.63) is 78.1 Å². The highest BCUT2D eigenvalue weighted by molar-refractivity contribution is 5.99. The highest BCUT2D eigenvalue weighted by Gasteiger charge is 2.10. The monoisotopic (exact) mass is 460 g/mol. The van der Waals surface area contributed by atoms with Crippen molar-refractivity contribution >= 4 is 28.5 Å². The molecule has 4 aromatic rings. The Morgan fingerprint density at radius 3 is 2.53 bits per heavy atom. The number of imidazole rings is 1. The molecule has 2 amide bonds. The zero-order valence-electron chi connectivity index (χ0n) is 18.7. The Morgan fingerprint density at radius 2 is 1.79 bits per heavy atom. The van der Waals surface area contributed by atoms with Crippen molar-refractivity contribution in [2.45, 2.75) is 19.8 Å². The molecule has 0 aliphatic rings. The predicted molar refractivity (Wildman–Crippen MR) is 129 cm³/mol. The van der Waals surface area contributed by atoms with Crippen molar-refractivity contribution in [1.29, 1.82) is 0 Å². The van der Waals surface area contributed by atoms with Gasteiger partial charge in [0.1, 0.15) is 17.4 Å². The number of carbonyl (C=O) groups is 2. The molecule has 1 heterocycles. The largest absolute Gasteiger partial charge is 0.494 e. The van der Waals surface area contributed by atoms with Gasteiger partial charge in [0.2, 0.25) is 5.91 Å². The number of nitrogens with one attached hydrogen (secondary N) is 3. The summed E-state index contributed by atoms with van der Waals surface area (Å²) in [5, 5.41) is 5.36. The van der Waals surface area contributed by atoms with Crippen LogP contribution in [-0.2, 0) is 4.79 Å². The number of carbonyl (C=O) groups excluding carboxylic acids is 2. The van der Waals surface area contributed by atoms with Gasteiger partial charge in [-0.3, -0.25) is 9.59 Å². The molecule has 4 rings (SSSR count). The van der Waals surface area contributed by atoms with Gasteiger partial charge in [0.15, 0.2) is 0 Å². The molecule has 0 bridgehead atoms. The number of benzene rings is 3. The number of fused-ring (bicyclic) bond motifs is 1. The third-order valence-corrected chi connectivity index (χ3v) is 5.18.